The Labute approximate surface area is 193 Å². The van der Waals surface area contributed by atoms with Crippen LogP contribution in [-0.4, -0.2) is 55.3 Å². The van der Waals surface area contributed by atoms with E-state index in [0.29, 0.717) is 24.1 Å². The van der Waals surface area contributed by atoms with Gasteiger partial charge in [-0.2, -0.15) is 0 Å². The molecule has 0 aliphatic carbocycles. The molecule has 4 rings (SSSR count). The third-order valence-corrected chi connectivity index (χ3v) is 8.17. The van der Waals surface area contributed by atoms with Crippen LogP contribution in [0, 0.1) is 6.92 Å². The van der Waals surface area contributed by atoms with Gasteiger partial charge in [-0.1, -0.05) is 55.0 Å². The molecule has 0 aromatic heterocycles. The fourth-order valence-electron chi connectivity index (χ4n) is 4.58. The zero-order valence-corrected chi connectivity index (χ0v) is 19.5. The molecule has 9 heteroatoms. The predicted octanol–water partition coefficient (Wildman–Crippen LogP) is 2.37. The number of para-hydroxylation sites is 1. The molecule has 0 spiro atoms. The van der Waals surface area contributed by atoms with Crippen LogP contribution in [-0.2, 0) is 25.0 Å². The fraction of sp³-hybridized carbons (Fsp3) is 0.375. The zero-order chi connectivity index (χ0) is 23.8. The summed E-state index contributed by atoms with van der Waals surface area (Å²) in [5.41, 5.74) is 0.987. The minimum atomic E-state index is -3.25. The van der Waals surface area contributed by atoms with Crippen molar-refractivity contribution in [3.8, 4) is 0 Å². The number of carbonyl (C=O) groups excluding carboxylic acids is 3. The monoisotopic (exact) mass is 469 g/mol. The van der Waals surface area contributed by atoms with Gasteiger partial charge in [-0.25, -0.2) is 13.2 Å². The Hall–Kier alpha value is -3.20. The maximum Gasteiger partial charge on any atom is 0.325 e. The molecule has 0 radical (unpaired) electrons. The molecular formula is C24H27N3O5S. The second-order valence-corrected chi connectivity index (χ2v) is 10.8. The lowest BCUT2D eigenvalue weighted by Gasteiger charge is -2.30. The van der Waals surface area contributed by atoms with Gasteiger partial charge in [0, 0.05) is 5.69 Å². The highest BCUT2D eigenvalue weighted by Crippen LogP contribution is 2.33. The maximum atomic E-state index is 13.4. The van der Waals surface area contributed by atoms with Crippen LogP contribution in [0.15, 0.2) is 54.6 Å². The summed E-state index contributed by atoms with van der Waals surface area (Å²) in [7, 11) is -3.25. The Morgan fingerprint density at radius 3 is 2.36 bits per heavy atom. The van der Waals surface area contributed by atoms with Crippen molar-refractivity contribution in [2.24, 2.45) is 0 Å². The number of anilines is 1. The highest BCUT2D eigenvalue weighted by atomic mass is 32.2. The predicted molar refractivity (Wildman–Crippen MR) is 124 cm³/mol. The largest absolute Gasteiger partial charge is 0.325 e. The third-order valence-electron chi connectivity index (χ3n) is 6.42. The first-order valence-corrected chi connectivity index (χ1v) is 12.8. The standard InChI is InChI=1S/C24H27N3O5S/c1-3-24(18-11-9-17(2)10-12-18)22(29)26(23(30)25-24)15-21(28)27(19-7-5-4-6-8-19)20-13-14-33(31,32)16-20/h4-12,20H,3,13-16H2,1-2H3,(H,25,30). The number of hydrogen-bond donors (Lipinski definition) is 1. The van der Waals surface area contributed by atoms with E-state index < -0.39 is 45.8 Å². The summed E-state index contributed by atoms with van der Waals surface area (Å²) in [5, 5.41) is 2.79. The van der Waals surface area contributed by atoms with Crippen molar-refractivity contribution in [1.82, 2.24) is 10.2 Å². The summed E-state index contributed by atoms with van der Waals surface area (Å²) < 4.78 is 24.2. The lowest BCUT2D eigenvalue weighted by molar-refractivity contribution is -0.134. The van der Waals surface area contributed by atoms with Gasteiger partial charge in [0.2, 0.25) is 5.91 Å². The average molecular weight is 470 g/mol. The van der Waals surface area contributed by atoms with Crippen LogP contribution in [0.4, 0.5) is 10.5 Å². The van der Waals surface area contributed by atoms with Crippen molar-refractivity contribution < 1.29 is 22.8 Å². The summed E-state index contributed by atoms with van der Waals surface area (Å²) in [5.74, 6) is -1.12. The number of urea groups is 1. The summed E-state index contributed by atoms with van der Waals surface area (Å²) in [4.78, 5) is 42.1. The van der Waals surface area contributed by atoms with Crippen molar-refractivity contribution in [1.29, 1.82) is 0 Å². The Kier molecular flexibility index (Phi) is 6.00. The summed E-state index contributed by atoms with van der Waals surface area (Å²) in [6.45, 7) is 3.27. The van der Waals surface area contributed by atoms with E-state index in [1.165, 1.54) is 4.90 Å². The average Bonchev–Trinajstić information content (AvgIpc) is 3.26. The maximum absolute atomic E-state index is 13.4. The fourth-order valence-corrected chi connectivity index (χ4v) is 6.28. The highest BCUT2D eigenvalue weighted by molar-refractivity contribution is 7.91. The summed E-state index contributed by atoms with van der Waals surface area (Å²) in [6.07, 6.45) is 0.639. The van der Waals surface area contributed by atoms with Crippen LogP contribution in [0.5, 0.6) is 0 Å². The Bertz CT molecular complexity index is 1180. The minimum absolute atomic E-state index is 0.00375. The molecule has 2 aliphatic rings. The van der Waals surface area contributed by atoms with Crippen LogP contribution in [0.25, 0.3) is 0 Å². The zero-order valence-electron chi connectivity index (χ0n) is 18.7. The van der Waals surface area contributed by atoms with E-state index in [1.54, 1.807) is 30.3 Å². The first-order chi connectivity index (χ1) is 15.7. The molecule has 33 heavy (non-hydrogen) atoms. The van der Waals surface area contributed by atoms with Gasteiger partial charge in [0.1, 0.15) is 12.1 Å². The van der Waals surface area contributed by atoms with Crippen molar-refractivity contribution in [2.45, 2.75) is 38.3 Å². The van der Waals surface area contributed by atoms with Crippen molar-refractivity contribution in [3.63, 3.8) is 0 Å². The first-order valence-electron chi connectivity index (χ1n) is 11.0. The molecule has 8 nitrogen and oxygen atoms in total. The van der Waals surface area contributed by atoms with Gasteiger partial charge in [-0.3, -0.25) is 14.5 Å². The van der Waals surface area contributed by atoms with Crippen LogP contribution >= 0.6 is 0 Å². The molecular weight excluding hydrogens is 442 g/mol. The summed E-state index contributed by atoms with van der Waals surface area (Å²) in [6, 6.07) is 14.9. The molecule has 4 amide bonds. The first kappa shape index (κ1) is 23.0. The molecule has 2 aromatic carbocycles. The van der Waals surface area contributed by atoms with E-state index >= 15 is 0 Å². The molecule has 2 saturated heterocycles. The van der Waals surface area contributed by atoms with Crippen molar-refractivity contribution in [3.05, 3.63) is 65.7 Å². The number of imide groups is 1. The Morgan fingerprint density at radius 2 is 1.79 bits per heavy atom. The molecule has 2 aliphatic heterocycles. The number of hydrogen-bond acceptors (Lipinski definition) is 5. The van der Waals surface area contributed by atoms with E-state index in [1.807, 2.05) is 38.1 Å². The molecule has 174 valence electrons. The van der Waals surface area contributed by atoms with Gasteiger partial charge in [0.15, 0.2) is 9.84 Å². The lowest BCUT2D eigenvalue weighted by Crippen LogP contribution is -2.49. The van der Waals surface area contributed by atoms with E-state index in [9.17, 15) is 22.8 Å². The van der Waals surface area contributed by atoms with Gasteiger partial charge < -0.3 is 10.2 Å². The molecule has 2 heterocycles. The van der Waals surface area contributed by atoms with Gasteiger partial charge in [0.25, 0.3) is 5.91 Å². The Balaban J connectivity index is 1.62. The second-order valence-electron chi connectivity index (χ2n) is 8.60. The molecule has 2 atom stereocenters. The summed E-state index contributed by atoms with van der Waals surface area (Å²) >= 11 is 0. The molecule has 0 saturated carbocycles. The second kappa shape index (κ2) is 8.62. The topological polar surface area (TPSA) is 104 Å². The van der Waals surface area contributed by atoms with Gasteiger partial charge in [0.05, 0.1) is 17.5 Å². The number of carbonyl (C=O) groups is 3. The normalized spacial score (nSPS) is 24.1. The number of benzene rings is 2. The van der Waals surface area contributed by atoms with Gasteiger partial charge >= 0.3 is 6.03 Å². The van der Waals surface area contributed by atoms with E-state index in [2.05, 4.69) is 5.32 Å². The van der Waals surface area contributed by atoms with E-state index in [0.717, 1.165) is 10.5 Å². The third kappa shape index (κ3) is 4.25. The lowest BCUT2D eigenvalue weighted by atomic mass is 9.86. The van der Waals surface area contributed by atoms with Crippen LogP contribution < -0.4 is 10.2 Å². The van der Waals surface area contributed by atoms with Crippen LogP contribution in [0.2, 0.25) is 0 Å². The molecule has 2 fully saturated rings. The molecule has 1 N–H and O–H groups in total. The minimum Gasteiger partial charge on any atom is -0.319 e. The van der Waals surface area contributed by atoms with E-state index in [4.69, 9.17) is 0 Å². The highest BCUT2D eigenvalue weighted by Gasteiger charge is 2.52. The van der Waals surface area contributed by atoms with Crippen LogP contribution in [0.3, 0.4) is 0 Å². The van der Waals surface area contributed by atoms with Crippen molar-refractivity contribution in [2.75, 3.05) is 23.0 Å². The molecule has 2 aromatic rings. The molecule has 0 bridgehead atoms. The number of aryl methyl sites for hydroxylation is 1. The number of rotatable bonds is 6. The molecule has 2 unspecified atom stereocenters. The smallest absolute Gasteiger partial charge is 0.319 e. The van der Waals surface area contributed by atoms with Crippen molar-refractivity contribution >= 4 is 33.4 Å². The SMILES string of the molecule is CCC1(c2ccc(C)cc2)NC(=O)N(CC(=O)N(c2ccccc2)C2CCS(=O)(=O)C2)C1=O. The van der Waals surface area contributed by atoms with Crippen LogP contribution in [0.1, 0.15) is 30.9 Å². The number of nitrogens with one attached hydrogen (secondary N) is 1. The number of amides is 4. The Morgan fingerprint density at radius 1 is 1.12 bits per heavy atom. The van der Waals surface area contributed by atoms with Gasteiger partial charge in [-0.05, 0) is 37.5 Å². The number of nitrogens with zero attached hydrogens (tertiary/aromatic N) is 2. The number of sulfone groups is 1. The van der Waals surface area contributed by atoms with Gasteiger partial charge in [-0.15, -0.1) is 0 Å². The quantitative estimate of drug-likeness (QED) is 0.654. The van der Waals surface area contributed by atoms with E-state index in [-0.39, 0.29) is 11.5 Å².